The molecule has 1 unspecified atom stereocenters. The highest BCUT2D eigenvalue weighted by Crippen LogP contribution is 2.11. The number of nitrogens with one attached hydrogen (secondary N) is 1. The molecular weight excluding hydrogens is 265 g/mol. The zero-order valence-electron chi connectivity index (χ0n) is 11.3. The van der Waals surface area contributed by atoms with Crippen molar-refractivity contribution >= 4 is 17.5 Å². The Bertz CT molecular complexity index is 374. The topological polar surface area (TPSA) is 29.1 Å². The van der Waals surface area contributed by atoms with Crippen molar-refractivity contribution in [3.8, 4) is 0 Å². The summed E-state index contributed by atoms with van der Waals surface area (Å²) in [7, 11) is 0. The molecule has 0 spiro atoms. The molecule has 0 heterocycles. The fourth-order valence-electron chi connectivity index (χ4n) is 2.02. The zero-order valence-corrected chi connectivity index (χ0v) is 12.0. The van der Waals surface area contributed by atoms with Crippen LogP contribution in [0.25, 0.3) is 0 Å². The van der Waals surface area contributed by atoms with Crippen LogP contribution >= 0.6 is 11.6 Å². The highest BCUT2D eigenvalue weighted by Gasteiger charge is 2.09. The average Bonchev–Trinajstić information content (AvgIpc) is 2.39. The molecular formula is C15H21ClFNO. The standard InChI is InChI=1S/C15H21ClFNO/c1-2-3-13(8-9-16)11-18-15(19)10-12-4-6-14(17)7-5-12/h4-7,13H,2-3,8-11H2,1H3,(H,18,19). The Hall–Kier alpha value is -1.09. The SMILES string of the molecule is CCCC(CCCl)CNC(=O)Cc1ccc(F)cc1. The summed E-state index contributed by atoms with van der Waals surface area (Å²) in [5.74, 6) is 0.759. The molecule has 4 heteroatoms. The molecule has 1 rings (SSSR count). The number of carbonyl (C=O) groups excluding carboxylic acids is 1. The van der Waals surface area contributed by atoms with Gasteiger partial charge in [-0.05, 0) is 36.5 Å². The summed E-state index contributed by atoms with van der Waals surface area (Å²) in [6.07, 6.45) is 3.38. The second-order valence-electron chi connectivity index (χ2n) is 4.74. The number of rotatable bonds is 8. The van der Waals surface area contributed by atoms with E-state index in [1.807, 2.05) is 0 Å². The van der Waals surface area contributed by atoms with Gasteiger partial charge in [-0.2, -0.15) is 0 Å². The van der Waals surface area contributed by atoms with Crippen LogP contribution < -0.4 is 5.32 Å². The van der Waals surface area contributed by atoms with Gasteiger partial charge in [-0.15, -0.1) is 11.6 Å². The number of amides is 1. The summed E-state index contributed by atoms with van der Waals surface area (Å²) in [5.41, 5.74) is 0.822. The second kappa shape index (κ2) is 8.92. The van der Waals surface area contributed by atoms with Gasteiger partial charge in [0.05, 0.1) is 6.42 Å². The molecule has 0 fully saturated rings. The molecule has 106 valence electrons. The largest absolute Gasteiger partial charge is 0.356 e. The van der Waals surface area contributed by atoms with Crippen LogP contribution in [0.2, 0.25) is 0 Å². The van der Waals surface area contributed by atoms with E-state index >= 15 is 0 Å². The molecule has 2 nitrogen and oxygen atoms in total. The van der Waals surface area contributed by atoms with Crippen molar-refractivity contribution in [1.82, 2.24) is 5.32 Å². The minimum Gasteiger partial charge on any atom is -0.356 e. The average molecular weight is 286 g/mol. The maximum Gasteiger partial charge on any atom is 0.224 e. The first-order valence-electron chi connectivity index (χ1n) is 6.72. The van der Waals surface area contributed by atoms with Gasteiger partial charge in [-0.3, -0.25) is 4.79 Å². The molecule has 0 aliphatic rings. The smallest absolute Gasteiger partial charge is 0.224 e. The third-order valence-electron chi connectivity index (χ3n) is 3.08. The Morgan fingerprint density at radius 1 is 1.32 bits per heavy atom. The molecule has 0 saturated heterocycles. The van der Waals surface area contributed by atoms with E-state index in [1.165, 1.54) is 12.1 Å². The van der Waals surface area contributed by atoms with E-state index in [2.05, 4.69) is 12.2 Å². The lowest BCUT2D eigenvalue weighted by Crippen LogP contribution is -2.30. The highest BCUT2D eigenvalue weighted by atomic mass is 35.5. The molecule has 1 N–H and O–H groups in total. The predicted molar refractivity (Wildman–Crippen MR) is 76.8 cm³/mol. The van der Waals surface area contributed by atoms with Crippen LogP contribution in [-0.2, 0) is 11.2 Å². The molecule has 1 atom stereocenters. The minimum atomic E-state index is -0.283. The van der Waals surface area contributed by atoms with Gasteiger partial charge in [-0.1, -0.05) is 25.5 Å². The summed E-state index contributed by atoms with van der Waals surface area (Å²) in [4.78, 5) is 11.8. The quantitative estimate of drug-likeness (QED) is 0.728. The zero-order chi connectivity index (χ0) is 14.1. The van der Waals surface area contributed by atoms with Crippen LogP contribution in [0.15, 0.2) is 24.3 Å². The van der Waals surface area contributed by atoms with E-state index in [0.717, 1.165) is 24.8 Å². The first-order chi connectivity index (χ1) is 9.15. The first-order valence-corrected chi connectivity index (χ1v) is 7.26. The Balaban J connectivity index is 2.35. The van der Waals surface area contributed by atoms with Crippen LogP contribution in [0.1, 0.15) is 31.7 Å². The fourth-order valence-corrected chi connectivity index (χ4v) is 2.33. The molecule has 1 aromatic rings. The van der Waals surface area contributed by atoms with Gasteiger partial charge in [0.25, 0.3) is 0 Å². The number of benzene rings is 1. The molecule has 1 aromatic carbocycles. The number of hydrogen-bond donors (Lipinski definition) is 1. The molecule has 0 bridgehead atoms. The van der Waals surface area contributed by atoms with Crippen molar-refractivity contribution in [1.29, 1.82) is 0 Å². The summed E-state index contributed by atoms with van der Waals surface area (Å²) in [6.45, 7) is 2.79. The predicted octanol–water partition coefficient (Wildman–Crippen LogP) is 3.53. The van der Waals surface area contributed by atoms with Crippen molar-refractivity contribution in [2.24, 2.45) is 5.92 Å². The van der Waals surface area contributed by atoms with E-state index in [9.17, 15) is 9.18 Å². The number of halogens is 2. The van der Waals surface area contributed by atoms with Crippen molar-refractivity contribution in [2.75, 3.05) is 12.4 Å². The molecule has 19 heavy (non-hydrogen) atoms. The van der Waals surface area contributed by atoms with E-state index in [-0.39, 0.29) is 11.7 Å². The third kappa shape index (κ3) is 6.58. The van der Waals surface area contributed by atoms with Gasteiger partial charge >= 0.3 is 0 Å². The Kier molecular flexibility index (Phi) is 7.49. The number of carbonyl (C=O) groups is 1. The maximum absolute atomic E-state index is 12.7. The Labute approximate surface area is 119 Å². The van der Waals surface area contributed by atoms with Gasteiger partial charge in [0.2, 0.25) is 5.91 Å². The van der Waals surface area contributed by atoms with Crippen molar-refractivity contribution in [2.45, 2.75) is 32.6 Å². The molecule has 0 saturated carbocycles. The molecule has 0 radical (unpaired) electrons. The second-order valence-corrected chi connectivity index (χ2v) is 5.12. The van der Waals surface area contributed by atoms with E-state index in [0.29, 0.717) is 24.8 Å². The summed E-state index contributed by atoms with van der Waals surface area (Å²) in [6, 6.07) is 6.01. The number of hydrogen-bond acceptors (Lipinski definition) is 1. The fraction of sp³-hybridized carbons (Fsp3) is 0.533. The lowest BCUT2D eigenvalue weighted by Gasteiger charge is -2.15. The van der Waals surface area contributed by atoms with Gasteiger partial charge < -0.3 is 5.32 Å². The van der Waals surface area contributed by atoms with Gasteiger partial charge in [0.1, 0.15) is 5.82 Å². The lowest BCUT2D eigenvalue weighted by molar-refractivity contribution is -0.120. The molecule has 0 aliphatic heterocycles. The Morgan fingerprint density at radius 2 is 2.00 bits per heavy atom. The molecule has 1 amide bonds. The molecule has 0 aromatic heterocycles. The van der Waals surface area contributed by atoms with Crippen molar-refractivity contribution < 1.29 is 9.18 Å². The minimum absolute atomic E-state index is 0.0257. The van der Waals surface area contributed by atoms with E-state index in [1.54, 1.807) is 12.1 Å². The summed E-state index contributed by atoms with van der Waals surface area (Å²) < 4.78 is 12.7. The van der Waals surface area contributed by atoms with E-state index < -0.39 is 0 Å². The van der Waals surface area contributed by atoms with Crippen LogP contribution in [0.5, 0.6) is 0 Å². The van der Waals surface area contributed by atoms with Crippen LogP contribution in [-0.4, -0.2) is 18.3 Å². The van der Waals surface area contributed by atoms with Gasteiger partial charge in [-0.25, -0.2) is 4.39 Å². The van der Waals surface area contributed by atoms with Crippen LogP contribution in [0.4, 0.5) is 4.39 Å². The third-order valence-corrected chi connectivity index (χ3v) is 3.30. The number of alkyl halides is 1. The Morgan fingerprint density at radius 3 is 2.58 bits per heavy atom. The lowest BCUT2D eigenvalue weighted by atomic mass is 10.0. The highest BCUT2D eigenvalue weighted by molar-refractivity contribution is 6.17. The van der Waals surface area contributed by atoms with E-state index in [4.69, 9.17) is 11.6 Å². The normalized spacial score (nSPS) is 12.2. The van der Waals surface area contributed by atoms with Gasteiger partial charge in [0, 0.05) is 12.4 Å². The summed E-state index contributed by atoms with van der Waals surface area (Å²) >= 11 is 5.74. The van der Waals surface area contributed by atoms with Gasteiger partial charge in [0.15, 0.2) is 0 Å². The maximum atomic E-state index is 12.7. The first kappa shape index (κ1) is 16.0. The molecule has 0 aliphatic carbocycles. The van der Waals surface area contributed by atoms with Crippen molar-refractivity contribution in [3.63, 3.8) is 0 Å². The van der Waals surface area contributed by atoms with Crippen LogP contribution in [0.3, 0.4) is 0 Å². The van der Waals surface area contributed by atoms with Crippen LogP contribution in [0, 0.1) is 11.7 Å². The monoisotopic (exact) mass is 285 g/mol. The summed E-state index contributed by atoms with van der Waals surface area (Å²) in [5, 5.41) is 2.92. The van der Waals surface area contributed by atoms with Crippen molar-refractivity contribution in [3.05, 3.63) is 35.6 Å².